The maximum Gasteiger partial charge on any atom is 0.134 e. The van der Waals surface area contributed by atoms with E-state index < -0.39 is 0 Å². The predicted molar refractivity (Wildman–Crippen MR) is 77.8 cm³/mol. The van der Waals surface area contributed by atoms with E-state index in [4.69, 9.17) is 14.1 Å². The highest BCUT2D eigenvalue weighted by molar-refractivity contribution is 5.94. The van der Waals surface area contributed by atoms with E-state index >= 15 is 0 Å². The van der Waals surface area contributed by atoms with Gasteiger partial charge in [-0.2, -0.15) is 5.26 Å². The molecule has 3 rings (SSSR count). The van der Waals surface area contributed by atoms with E-state index in [0.29, 0.717) is 12.8 Å². The number of hydrogen-bond acceptors (Lipinski definition) is 3. The summed E-state index contributed by atoms with van der Waals surface area (Å²) < 4.78 is 11.1. The molecular formula is C17H13NO2. The van der Waals surface area contributed by atoms with Gasteiger partial charge in [-0.1, -0.05) is 24.8 Å². The van der Waals surface area contributed by atoms with Gasteiger partial charge in [-0.25, -0.2) is 0 Å². The van der Waals surface area contributed by atoms with E-state index in [2.05, 4.69) is 12.6 Å². The quantitative estimate of drug-likeness (QED) is 0.664. The molecule has 2 aromatic heterocycles. The maximum absolute atomic E-state index is 8.60. The summed E-state index contributed by atoms with van der Waals surface area (Å²) in [6.45, 7) is 3.95. The molecule has 0 unspecified atom stereocenters. The summed E-state index contributed by atoms with van der Waals surface area (Å²) >= 11 is 0. The van der Waals surface area contributed by atoms with E-state index in [9.17, 15) is 0 Å². The lowest BCUT2D eigenvalue weighted by Gasteiger charge is -1.96. The molecule has 98 valence electrons. The molecule has 0 fully saturated rings. The van der Waals surface area contributed by atoms with Crippen LogP contribution in [-0.2, 0) is 0 Å². The number of rotatable bonds is 4. The number of fused-ring (bicyclic) bond motifs is 1. The fraction of sp³-hybridized carbons (Fsp3) is 0.118. The zero-order chi connectivity index (χ0) is 13.9. The van der Waals surface area contributed by atoms with Gasteiger partial charge in [-0.05, 0) is 24.1 Å². The zero-order valence-electron chi connectivity index (χ0n) is 10.9. The highest BCUT2D eigenvalue weighted by Crippen LogP contribution is 2.33. The largest absolute Gasteiger partial charge is 0.464 e. The Hall–Kier alpha value is -2.73. The summed E-state index contributed by atoms with van der Waals surface area (Å²) in [4.78, 5) is 0. The molecule has 0 saturated heterocycles. The van der Waals surface area contributed by atoms with Crippen LogP contribution in [-0.4, -0.2) is 0 Å². The number of furan rings is 2. The van der Waals surface area contributed by atoms with Crippen LogP contribution in [0.15, 0.2) is 58.3 Å². The molecule has 3 nitrogen and oxygen atoms in total. The zero-order valence-corrected chi connectivity index (χ0v) is 10.9. The van der Waals surface area contributed by atoms with Gasteiger partial charge >= 0.3 is 0 Å². The second-order valence-electron chi connectivity index (χ2n) is 4.61. The van der Waals surface area contributed by atoms with Crippen LogP contribution in [0.1, 0.15) is 18.6 Å². The number of nitriles is 1. The van der Waals surface area contributed by atoms with Crippen molar-refractivity contribution >= 4 is 16.5 Å². The van der Waals surface area contributed by atoms with Crippen molar-refractivity contribution in [1.82, 2.24) is 0 Å². The van der Waals surface area contributed by atoms with Gasteiger partial charge in [0.1, 0.15) is 11.3 Å². The lowest BCUT2D eigenvalue weighted by Crippen LogP contribution is -1.78. The Bertz CT molecular complexity index is 802. The second kappa shape index (κ2) is 5.10. The molecule has 20 heavy (non-hydrogen) atoms. The van der Waals surface area contributed by atoms with Gasteiger partial charge in [-0.15, -0.1) is 0 Å². The third kappa shape index (κ3) is 2.12. The standard InChI is InChI=1S/C17H13NO2/c1-12(5-4-8-18)17-9-13(10-19-17)15-11-20-16-7-3-2-6-14(15)16/h2-3,6-7,9-11H,1,4-5H2. The molecule has 1 aromatic carbocycles. The van der Waals surface area contributed by atoms with Gasteiger partial charge in [-0.3, -0.25) is 0 Å². The lowest BCUT2D eigenvalue weighted by molar-refractivity contribution is 0.551. The maximum atomic E-state index is 8.60. The number of hydrogen-bond donors (Lipinski definition) is 0. The molecular weight excluding hydrogens is 250 g/mol. The molecule has 0 aliphatic carbocycles. The summed E-state index contributed by atoms with van der Waals surface area (Å²) in [7, 11) is 0. The van der Waals surface area contributed by atoms with Gasteiger partial charge in [0.2, 0.25) is 0 Å². The Labute approximate surface area is 116 Å². The normalized spacial score (nSPS) is 10.6. The van der Waals surface area contributed by atoms with E-state index in [1.54, 1.807) is 12.5 Å². The molecule has 0 bridgehead atoms. The first-order valence-corrected chi connectivity index (χ1v) is 6.40. The van der Waals surface area contributed by atoms with Crippen LogP contribution in [0.5, 0.6) is 0 Å². The number of benzene rings is 1. The van der Waals surface area contributed by atoms with Crippen molar-refractivity contribution in [3.05, 3.63) is 55.2 Å². The van der Waals surface area contributed by atoms with E-state index in [0.717, 1.165) is 33.4 Å². The summed E-state index contributed by atoms with van der Waals surface area (Å²) in [5, 5.41) is 9.66. The van der Waals surface area contributed by atoms with Gasteiger partial charge in [0, 0.05) is 22.9 Å². The van der Waals surface area contributed by atoms with Crippen LogP contribution in [0.25, 0.3) is 27.7 Å². The van der Waals surface area contributed by atoms with Gasteiger partial charge in [0.05, 0.1) is 18.6 Å². The summed E-state index contributed by atoms with van der Waals surface area (Å²) in [5.74, 6) is 0.723. The first-order valence-electron chi connectivity index (χ1n) is 6.40. The van der Waals surface area contributed by atoms with Crippen molar-refractivity contribution in [3.63, 3.8) is 0 Å². The third-order valence-electron chi connectivity index (χ3n) is 3.28. The van der Waals surface area contributed by atoms with E-state index in [1.165, 1.54) is 0 Å². The van der Waals surface area contributed by atoms with Crippen molar-refractivity contribution in [2.45, 2.75) is 12.8 Å². The summed E-state index contributed by atoms with van der Waals surface area (Å²) in [6.07, 6.45) is 4.50. The number of para-hydroxylation sites is 1. The van der Waals surface area contributed by atoms with Crippen molar-refractivity contribution in [2.75, 3.05) is 0 Å². The van der Waals surface area contributed by atoms with Crippen LogP contribution >= 0.6 is 0 Å². The average Bonchev–Trinajstić information content (AvgIpc) is 3.10. The first-order chi connectivity index (χ1) is 9.79. The van der Waals surface area contributed by atoms with Crippen molar-refractivity contribution in [1.29, 1.82) is 5.26 Å². The van der Waals surface area contributed by atoms with Crippen molar-refractivity contribution < 1.29 is 8.83 Å². The van der Waals surface area contributed by atoms with Crippen LogP contribution in [0.4, 0.5) is 0 Å². The van der Waals surface area contributed by atoms with Crippen LogP contribution in [0.2, 0.25) is 0 Å². The molecule has 0 N–H and O–H groups in total. The molecule has 3 aromatic rings. The molecule has 0 saturated carbocycles. The molecule has 2 heterocycles. The average molecular weight is 263 g/mol. The Morgan fingerprint density at radius 2 is 2.05 bits per heavy atom. The minimum Gasteiger partial charge on any atom is -0.464 e. The topological polar surface area (TPSA) is 50.1 Å². The van der Waals surface area contributed by atoms with E-state index in [-0.39, 0.29) is 0 Å². The molecule has 0 amide bonds. The fourth-order valence-electron chi connectivity index (χ4n) is 2.19. The third-order valence-corrected chi connectivity index (χ3v) is 3.28. The Kier molecular flexibility index (Phi) is 3.14. The lowest BCUT2D eigenvalue weighted by atomic mass is 10.1. The molecule has 0 aliphatic rings. The molecule has 3 heteroatoms. The molecule has 0 spiro atoms. The molecule has 0 atom stereocenters. The van der Waals surface area contributed by atoms with E-state index in [1.807, 2.05) is 30.3 Å². The van der Waals surface area contributed by atoms with Crippen LogP contribution in [0.3, 0.4) is 0 Å². The Morgan fingerprint density at radius 3 is 2.90 bits per heavy atom. The highest BCUT2D eigenvalue weighted by Gasteiger charge is 2.12. The number of nitrogens with zero attached hydrogens (tertiary/aromatic N) is 1. The smallest absolute Gasteiger partial charge is 0.134 e. The van der Waals surface area contributed by atoms with Gasteiger partial charge in [0.25, 0.3) is 0 Å². The Morgan fingerprint density at radius 1 is 1.20 bits per heavy atom. The molecule has 0 aliphatic heterocycles. The SMILES string of the molecule is C=C(CCC#N)c1cc(-c2coc3ccccc23)co1. The van der Waals surface area contributed by atoms with Crippen LogP contribution < -0.4 is 0 Å². The first kappa shape index (κ1) is 12.3. The number of allylic oxidation sites excluding steroid dienone is 1. The monoisotopic (exact) mass is 263 g/mol. The fourth-order valence-corrected chi connectivity index (χ4v) is 2.19. The van der Waals surface area contributed by atoms with Crippen molar-refractivity contribution in [2.24, 2.45) is 0 Å². The Balaban J connectivity index is 1.94. The summed E-state index contributed by atoms with van der Waals surface area (Å²) in [6, 6.07) is 11.9. The predicted octanol–water partition coefficient (Wildman–Crippen LogP) is 5.01. The van der Waals surface area contributed by atoms with Gasteiger partial charge < -0.3 is 8.83 Å². The molecule has 0 radical (unpaired) electrons. The van der Waals surface area contributed by atoms with Gasteiger partial charge in [0.15, 0.2) is 0 Å². The minimum absolute atomic E-state index is 0.448. The highest BCUT2D eigenvalue weighted by atomic mass is 16.3. The summed E-state index contributed by atoms with van der Waals surface area (Å²) in [5.41, 5.74) is 3.66. The second-order valence-corrected chi connectivity index (χ2v) is 4.61. The van der Waals surface area contributed by atoms with Crippen molar-refractivity contribution in [3.8, 4) is 17.2 Å². The minimum atomic E-state index is 0.448. The van der Waals surface area contributed by atoms with Crippen LogP contribution in [0, 0.1) is 11.3 Å².